The van der Waals surface area contributed by atoms with Gasteiger partial charge in [-0.25, -0.2) is 13.4 Å². The number of sulfonamides is 1. The van der Waals surface area contributed by atoms with E-state index in [1.165, 1.54) is 25.2 Å². The van der Waals surface area contributed by atoms with Crippen molar-refractivity contribution in [1.82, 2.24) is 14.3 Å². The number of halogens is 1. The normalized spacial score (nSPS) is 11.5. The molecule has 1 heterocycles. The molecule has 0 bridgehead atoms. The van der Waals surface area contributed by atoms with Crippen LogP contribution in [0, 0.1) is 11.3 Å². The molecule has 1 N–H and O–H groups in total. The molecule has 20 heavy (non-hydrogen) atoms. The van der Waals surface area contributed by atoms with Gasteiger partial charge in [-0.05, 0) is 18.2 Å². The Kier molecular flexibility index (Phi) is 4.09. The first-order valence-electron chi connectivity index (χ1n) is 5.59. The van der Waals surface area contributed by atoms with Crippen LogP contribution in [-0.4, -0.2) is 29.7 Å². The molecule has 6 nitrogen and oxygen atoms in total. The molecule has 2 aromatic rings. The maximum atomic E-state index is 12.4. The Morgan fingerprint density at radius 3 is 2.85 bits per heavy atom. The zero-order valence-corrected chi connectivity index (χ0v) is 12.1. The number of hydrogen-bond donors (Lipinski definition) is 1. The van der Waals surface area contributed by atoms with Gasteiger partial charge in [-0.3, -0.25) is 0 Å². The second-order valence-electron chi connectivity index (χ2n) is 4.05. The minimum absolute atomic E-state index is 0.0790. The van der Waals surface area contributed by atoms with E-state index in [1.807, 2.05) is 6.07 Å². The van der Waals surface area contributed by atoms with Crippen molar-refractivity contribution >= 4 is 21.6 Å². The lowest BCUT2D eigenvalue weighted by molar-refractivity contribution is 0.458. The predicted octanol–water partition coefficient (Wildman–Crippen LogP) is 1.76. The van der Waals surface area contributed by atoms with Crippen molar-refractivity contribution < 1.29 is 8.42 Å². The molecule has 0 aliphatic rings. The van der Waals surface area contributed by atoms with E-state index in [9.17, 15) is 8.42 Å². The molecule has 2 rings (SSSR count). The number of rotatable bonds is 4. The lowest BCUT2D eigenvalue weighted by Gasteiger charge is -2.17. The summed E-state index contributed by atoms with van der Waals surface area (Å²) in [5, 5.41) is 8.93. The Hall–Kier alpha value is -1.88. The summed E-state index contributed by atoms with van der Waals surface area (Å²) in [7, 11) is -2.36. The van der Waals surface area contributed by atoms with Gasteiger partial charge < -0.3 is 4.98 Å². The molecular weight excluding hydrogens is 300 g/mol. The van der Waals surface area contributed by atoms with Gasteiger partial charge in [-0.2, -0.15) is 9.57 Å². The predicted molar refractivity (Wildman–Crippen MR) is 73.4 cm³/mol. The van der Waals surface area contributed by atoms with Gasteiger partial charge in [0.2, 0.25) is 10.0 Å². The second kappa shape index (κ2) is 5.63. The van der Waals surface area contributed by atoms with Crippen LogP contribution in [0.2, 0.25) is 5.02 Å². The maximum Gasteiger partial charge on any atom is 0.244 e. The molecule has 0 radical (unpaired) electrons. The highest BCUT2D eigenvalue weighted by Gasteiger charge is 2.24. The average Bonchev–Trinajstić information content (AvgIpc) is 2.92. The fourth-order valence-electron chi connectivity index (χ4n) is 1.62. The summed E-state index contributed by atoms with van der Waals surface area (Å²) in [5.74, 6) is 0.517. The van der Waals surface area contributed by atoms with Gasteiger partial charge in [0.05, 0.1) is 23.2 Å². The van der Waals surface area contributed by atoms with Crippen molar-refractivity contribution in [2.45, 2.75) is 11.4 Å². The first-order chi connectivity index (χ1) is 9.45. The van der Waals surface area contributed by atoms with Crippen LogP contribution in [-0.2, 0) is 16.6 Å². The number of nitrogens with one attached hydrogen (secondary N) is 1. The summed E-state index contributed by atoms with van der Waals surface area (Å²) in [6, 6.07) is 6.01. The summed E-state index contributed by atoms with van der Waals surface area (Å²) in [6.07, 6.45) is 3.15. The third-order valence-electron chi connectivity index (χ3n) is 2.68. The van der Waals surface area contributed by atoms with Gasteiger partial charge >= 0.3 is 0 Å². The fourth-order valence-corrected chi connectivity index (χ4v) is 3.25. The van der Waals surface area contributed by atoms with Gasteiger partial charge in [0.15, 0.2) is 0 Å². The Balaban J connectivity index is 2.37. The van der Waals surface area contributed by atoms with E-state index in [2.05, 4.69) is 9.97 Å². The van der Waals surface area contributed by atoms with Gasteiger partial charge in [0, 0.05) is 19.4 Å². The molecule has 1 aromatic heterocycles. The first-order valence-corrected chi connectivity index (χ1v) is 7.41. The van der Waals surface area contributed by atoms with Crippen LogP contribution in [0.25, 0.3) is 0 Å². The van der Waals surface area contributed by atoms with Crippen LogP contribution < -0.4 is 0 Å². The number of nitrogens with zero attached hydrogens (tertiary/aromatic N) is 3. The summed E-state index contributed by atoms with van der Waals surface area (Å²) < 4.78 is 26.0. The minimum atomic E-state index is -3.79. The molecule has 0 fully saturated rings. The standard InChI is InChI=1S/C12H11ClN4O2S/c1-17(8-12-15-4-5-16-12)20(18,19)11-6-9(7-14)2-3-10(11)13/h2-6H,8H2,1H3,(H,15,16). The number of aromatic nitrogens is 2. The van der Waals surface area contributed by atoms with Gasteiger partial charge in [0.1, 0.15) is 10.7 Å². The smallest absolute Gasteiger partial charge is 0.244 e. The largest absolute Gasteiger partial charge is 0.347 e. The van der Waals surface area contributed by atoms with Crippen molar-refractivity contribution in [1.29, 1.82) is 5.26 Å². The quantitative estimate of drug-likeness (QED) is 0.931. The molecule has 8 heteroatoms. The Morgan fingerprint density at radius 1 is 1.50 bits per heavy atom. The molecule has 0 saturated carbocycles. The molecular formula is C12H11ClN4O2S. The van der Waals surface area contributed by atoms with Crippen LogP contribution in [0.3, 0.4) is 0 Å². The second-order valence-corrected chi connectivity index (χ2v) is 6.47. The molecule has 0 aliphatic carbocycles. The monoisotopic (exact) mass is 310 g/mol. The average molecular weight is 311 g/mol. The number of hydrogen-bond acceptors (Lipinski definition) is 4. The number of benzene rings is 1. The van der Waals surface area contributed by atoms with Gasteiger partial charge in [-0.1, -0.05) is 11.6 Å². The Morgan fingerprint density at radius 2 is 2.25 bits per heavy atom. The lowest BCUT2D eigenvalue weighted by atomic mass is 10.2. The third kappa shape index (κ3) is 2.82. The highest BCUT2D eigenvalue weighted by Crippen LogP contribution is 2.25. The fraction of sp³-hybridized carbons (Fsp3) is 0.167. The van der Waals surface area contributed by atoms with Crippen LogP contribution in [0.4, 0.5) is 0 Å². The maximum absolute atomic E-state index is 12.4. The van der Waals surface area contributed by atoms with Gasteiger partial charge in [-0.15, -0.1) is 0 Å². The number of imidazole rings is 1. The number of H-pyrrole nitrogens is 1. The van der Waals surface area contributed by atoms with Crippen molar-refractivity contribution in [3.05, 3.63) is 47.0 Å². The topological polar surface area (TPSA) is 89.8 Å². The van der Waals surface area contributed by atoms with E-state index in [0.29, 0.717) is 5.82 Å². The molecule has 0 spiro atoms. The van der Waals surface area contributed by atoms with Crippen molar-refractivity contribution in [2.75, 3.05) is 7.05 Å². The zero-order valence-electron chi connectivity index (χ0n) is 10.5. The molecule has 0 aliphatic heterocycles. The van der Waals surface area contributed by atoms with E-state index >= 15 is 0 Å². The SMILES string of the molecule is CN(Cc1ncc[nH]1)S(=O)(=O)c1cc(C#N)ccc1Cl. The van der Waals surface area contributed by atoms with Crippen LogP contribution in [0.5, 0.6) is 0 Å². The molecule has 1 aromatic carbocycles. The Labute approximate surface area is 121 Å². The summed E-state index contributed by atoms with van der Waals surface area (Å²) in [5.41, 5.74) is 0.236. The van der Waals surface area contributed by atoms with Crippen molar-refractivity contribution in [3.63, 3.8) is 0 Å². The van der Waals surface area contributed by atoms with Gasteiger partial charge in [0.25, 0.3) is 0 Å². The molecule has 0 amide bonds. The van der Waals surface area contributed by atoms with Crippen LogP contribution in [0.1, 0.15) is 11.4 Å². The first kappa shape index (κ1) is 14.5. The van der Waals surface area contributed by atoms with E-state index in [4.69, 9.17) is 16.9 Å². The third-order valence-corrected chi connectivity index (χ3v) is 4.96. The molecule has 0 saturated heterocycles. The minimum Gasteiger partial charge on any atom is -0.347 e. The highest BCUT2D eigenvalue weighted by atomic mass is 35.5. The number of aromatic amines is 1. The molecule has 104 valence electrons. The van der Waals surface area contributed by atoms with Crippen molar-refractivity contribution in [3.8, 4) is 6.07 Å². The summed E-state index contributed by atoms with van der Waals surface area (Å²) in [4.78, 5) is 6.71. The van der Waals surface area contributed by atoms with E-state index in [0.717, 1.165) is 4.31 Å². The number of nitriles is 1. The van der Waals surface area contributed by atoms with E-state index in [1.54, 1.807) is 12.4 Å². The highest BCUT2D eigenvalue weighted by molar-refractivity contribution is 7.89. The van der Waals surface area contributed by atoms with E-state index in [-0.39, 0.29) is 22.0 Å². The molecule has 0 atom stereocenters. The zero-order chi connectivity index (χ0) is 14.8. The lowest BCUT2D eigenvalue weighted by Crippen LogP contribution is -2.27. The van der Waals surface area contributed by atoms with Crippen molar-refractivity contribution in [2.24, 2.45) is 0 Å². The molecule has 0 unspecified atom stereocenters. The summed E-state index contributed by atoms with van der Waals surface area (Å²) in [6.45, 7) is 0.0858. The summed E-state index contributed by atoms with van der Waals surface area (Å²) >= 11 is 5.92. The Bertz CT molecular complexity index is 750. The van der Waals surface area contributed by atoms with Crippen LogP contribution in [0.15, 0.2) is 35.5 Å². The van der Waals surface area contributed by atoms with Crippen LogP contribution >= 0.6 is 11.6 Å². The van der Waals surface area contributed by atoms with E-state index < -0.39 is 10.0 Å².